The van der Waals surface area contributed by atoms with Crippen molar-refractivity contribution in [1.29, 1.82) is 0 Å². The third-order valence-electron chi connectivity index (χ3n) is 2.82. The first-order valence-corrected chi connectivity index (χ1v) is 5.81. The van der Waals surface area contributed by atoms with Crippen LogP contribution in [0.15, 0.2) is 18.2 Å². The van der Waals surface area contributed by atoms with E-state index in [1.54, 1.807) is 13.1 Å². The fourth-order valence-electron chi connectivity index (χ4n) is 1.72. The molecule has 0 saturated heterocycles. The monoisotopic (exact) mass is 261 g/mol. The molecule has 0 aliphatic heterocycles. The van der Waals surface area contributed by atoms with Crippen molar-refractivity contribution < 1.29 is 18.3 Å². The van der Waals surface area contributed by atoms with Gasteiger partial charge >= 0.3 is 0 Å². The summed E-state index contributed by atoms with van der Waals surface area (Å²) in [5.74, 6) is -3.23. The molecule has 0 fully saturated rings. The average Bonchev–Trinajstić information content (AvgIpc) is 2.29. The van der Waals surface area contributed by atoms with Gasteiger partial charge in [-0.1, -0.05) is 12.1 Å². The van der Waals surface area contributed by atoms with E-state index in [0.29, 0.717) is 11.1 Å². The summed E-state index contributed by atoms with van der Waals surface area (Å²) >= 11 is 0. The highest BCUT2D eigenvalue weighted by atomic mass is 19.3. The van der Waals surface area contributed by atoms with Crippen LogP contribution in [0.25, 0.3) is 0 Å². The standard InChI is InChI=1S/C13H18F3NO/c1-13(15,16)6-5-9-3-4-10(11(14)7-9)12(8-18)17-2/h3-4,7,12,17-18H,5-6,8H2,1-2H3. The summed E-state index contributed by atoms with van der Waals surface area (Å²) in [5, 5.41) is 11.8. The number of rotatable bonds is 6. The Bertz CT molecular complexity index is 386. The quantitative estimate of drug-likeness (QED) is 0.825. The zero-order chi connectivity index (χ0) is 13.8. The van der Waals surface area contributed by atoms with E-state index in [-0.39, 0.29) is 19.4 Å². The molecular formula is C13H18F3NO. The van der Waals surface area contributed by atoms with Gasteiger partial charge in [-0.15, -0.1) is 0 Å². The summed E-state index contributed by atoms with van der Waals surface area (Å²) in [7, 11) is 1.62. The van der Waals surface area contributed by atoms with E-state index >= 15 is 0 Å². The molecule has 1 unspecified atom stereocenters. The van der Waals surface area contributed by atoms with Crippen LogP contribution in [-0.4, -0.2) is 24.7 Å². The third kappa shape index (κ3) is 4.31. The molecule has 1 rings (SSSR count). The molecule has 2 N–H and O–H groups in total. The van der Waals surface area contributed by atoms with Crippen LogP contribution in [0.3, 0.4) is 0 Å². The highest BCUT2D eigenvalue weighted by Gasteiger charge is 2.21. The van der Waals surface area contributed by atoms with Gasteiger partial charge in [-0.05, 0) is 32.0 Å². The number of alkyl halides is 2. The van der Waals surface area contributed by atoms with Crippen molar-refractivity contribution in [2.24, 2.45) is 0 Å². The van der Waals surface area contributed by atoms with Gasteiger partial charge in [0, 0.05) is 12.0 Å². The van der Waals surface area contributed by atoms with Crippen molar-refractivity contribution >= 4 is 0 Å². The molecule has 0 heterocycles. The van der Waals surface area contributed by atoms with Crippen LogP contribution in [0.4, 0.5) is 13.2 Å². The van der Waals surface area contributed by atoms with E-state index < -0.39 is 17.8 Å². The Labute approximate surface area is 105 Å². The number of benzene rings is 1. The highest BCUT2D eigenvalue weighted by Crippen LogP contribution is 2.22. The van der Waals surface area contributed by atoms with Crippen molar-refractivity contribution in [3.05, 3.63) is 35.1 Å². The lowest BCUT2D eigenvalue weighted by atomic mass is 10.0. The Morgan fingerprint density at radius 3 is 2.50 bits per heavy atom. The fraction of sp³-hybridized carbons (Fsp3) is 0.538. The zero-order valence-electron chi connectivity index (χ0n) is 10.5. The van der Waals surface area contributed by atoms with Gasteiger partial charge in [0.15, 0.2) is 0 Å². The molecule has 1 aromatic rings. The lowest BCUT2D eigenvalue weighted by Crippen LogP contribution is -2.21. The number of halogens is 3. The maximum absolute atomic E-state index is 13.8. The smallest absolute Gasteiger partial charge is 0.245 e. The maximum Gasteiger partial charge on any atom is 0.245 e. The Morgan fingerprint density at radius 2 is 2.06 bits per heavy atom. The number of aryl methyl sites for hydroxylation is 1. The maximum atomic E-state index is 13.8. The normalized spacial score (nSPS) is 13.7. The molecular weight excluding hydrogens is 243 g/mol. The Morgan fingerprint density at radius 1 is 1.39 bits per heavy atom. The average molecular weight is 261 g/mol. The van der Waals surface area contributed by atoms with Crippen LogP contribution in [0.1, 0.15) is 30.5 Å². The molecule has 102 valence electrons. The van der Waals surface area contributed by atoms with Crippen LogP contribution in [-0.2, 0) is 6.42 Å². The first kappa shape index (κ1) is 15.0. The summed E-state index contributed by atoms with van der Waals surface area (Å²) < 4.78 is 39.1. The van der Waals surface area contributed by atoms with Crippen LogP contribution in [0.2, 0.25) is 0 Å². The van der Waals surface area contributed by atoms with Crippen molar-refractivity contribution in [2.75, 3.05) is 13.7 Å². The minimum Gasteiger partial charge on any atom is -0.394 e. The first-order valence-electron chi connectivity index (χ1n) is 5.81. The number of nitrogens with one attached hydrogen (secondary N) is 1. The Kier molecular flexibility index (Phi) is 5.16. The van der Waals surface area contributed by atoms with Crippen LogP contribution < -0.4 is 5.32 Å². The molecule has 2 nitrogen and oxygen atoms in total. The molecule has 1 atom stereocenters. The summed E-state index contributed by atoms with van der Waals surface area (Å²) in [4.78, 5) is 0. The summed E-state index contributed by atoms with van der Waals surface area (Å²) in [6, 6.07) is 3.91. The summed E-state index contributed by atoms with van der Waals surface area (Å²) in [6.45, 7) is 0.625. The number of aliphatic hydroxyl groups is 1. The molecule has 0 spiro atoms. The van der Waals surface area contributed by atoms with Crippen LogP contribution in [0.5, 0.6) is 0 Å². The molecule has 0 bridgehead atoms. The van der Waals surface area contributed by atoms with Gasteiger partial charge in [-0.25, -0.2) is 13.2 Å². The van der Waals surface area contributed by atoms with Crippen LogP contribution in [0, 0.1) is 5.82 Å². The summed E-state index contributed by atoms with van der Waals surface area (Å²) in [6.07, 6.45) is -0.175. The van der Waals surface area contributed by atoms with Gasteiger partial charge in [-0.3, -0.25) is 0 Å². The minimum absolute atomic E-state index is 0.129. The van der Waals surface area contributed by atoms with E-state index in [1.807, 2.05) is 0 Å². The van der Waals surface area contributed by atoms with Gasteiger partial charge < -0.3 is 10.4 Å². The van der Waals surface area contributed by atoms with E-state index in [2.05, 4.69) is 5.32 Å². The topological polar surface area (TPSA) is 32.3 Å². The summed E-state index contributed by atoms with van der Waals surface area (Å²) in [5.41, 5.74) is 0.873. The van der Waals surface area contributed by atoms with E-state index in [0.717, 1.165) is 6.92 Å². The Hall–Kier alpha value is -1.07. The molecule has 0 aliphatic rings. The molecule has 0 saturated carbocycles. The molecule has 18 heavy (non-hydrogen) atoms. The fourth-order valence-corrected chi connectivity index (χ4v) is 1.72. The predicted octanol–water partition coefficient (Wildman–Crippen LogP) is 2.67. The van der Waals surface area contributed by atoms with Crippen LogP contribution >= 0.6 is 0 Å². The molecule has 5 heteroatoms. The lowest BCUT2D eigenvalue weighted by Gasteiger charge is -2.15. The lowest BCUT2D eigenvalue weighted by molar-refractivity contribution is 0.0133. The number of likely N-dealkylation sites (N-methyl/N-ethyl adjacent to an activating group) is 1. The molecule has 1 aromatic carbocycles. The number of aliphatic hydroxyl groups excluding tert-OH is 1. The van der Waals surface area contributed by atoms with Crippen molar-refractivity contribution in [3.8, 4) is 0 Å². The predicted molar refractivity (Wildman–Crippen MR) is 64.2 cm³/mol. The van der Waals surface area contributed by atoms with Crippen molar-refractivity contribution in [3.63, 3.8) is 0 Å². The van der Waals surface area contributed by atoms with Crippen molar-refractivity contribution in [2.45, 2.75) is 31.7 Å². The zero-order valence-corrected chi connectivity index (χ0v) is 10.5. The minimum atomic E-state index is -2.74. The van der Waals surface area contributed by atoms with Gasteiger partial charge in [0.05, 0.1) is 12.6 Å². The number of hydrogen-bond donors (Lipinski definition) is 2. The SMILES string of the molecule is CNC(CO)c1ccc(CCC(C)(F)F)cc1F. The molecule has 0 amide bonds. The van der Waals surface area contributed by atoms with Gasteiger partial charge in [0.25, 0.3) is 0 Å². The van der Waals surface area contributed by atoms with E-state index in [9.17, 15) is 13.2 Å². The second-order valence-electron chi connectivity index (χ2n) is 4.45. The molecule has 0 aliphatic carbocycles. The molecule has 0 aromatic heterocycles. The largest absolute Gasteiger partial charge is 0.394 e. The third-order valence-corrected chi connectivity index (χ3v) is 2.82. The first-order chi connectivity index (χ1) is 8.37. The van der Waals surface area contributed by atoms with E-state index in [1.165, 1.54) is 12.1 Å². The number of hydrogen-bond acceptors (Lipinski definition) is 2. The van der Waals surface area contributed by atoms with Gasteiger partial charge in [-0.2, -0.15) is 0 Å². The van der Waals surface area contributed by atoms with Crippen molar-refractivity contribution in [1.82, 2.24) is 5.32 Å². The second-order valence-corrected chi connectivity index (χ2v) is 4.45. The molecule has 0 radical (unpaired) electrons. The Balaban J connectivity index is 2.79. The van der Waals surface area contributed by atoms with Gasteiger partial charge in [0.2, 0.25) is 5.92 Å². The van der Waals surface area contributed by atoms with Gasteiger partial charge in [0.1, 0.15) is 5.82 Å². The highest BCUT2D eigenvalue weighted by molar-refractivity contribution is 5.27. The second kappa shape index (κ2) is 6.20. The van der Waals surface area contributed by atoms with E-state index in [4.69, 9.17) is 5.11 Å².